The van der Waals surface area contributed by atoms with E-state index in [0.29, 0.717) is 11.9 Å². The van der Waals surface area contributed by atoms with E-state index < -0.39 is 0 Å². The summed E-state index contributed by atoms with van der Waals surface area (Å²) in [6.07, 6.45) is 1.72. The first-order valence-corrected chi connectivity index (χ1v) is 6.35. The lowest BCUT2D eigenvalue weighted by Crippen LogP contribution is -2.03. The van der Waals surface area contributed by atoms with E-state index in [1.165, 1.54) is 5.56 Å². The summed E-state index contributed by atoms with van der Waals surface area (Å²) in [5.41, 5.74) is 10.1. The van der Waals surface area contributed by atoms with E-state index in [9.17, 15) is 0 Å². The molecule has 0 spiro atoms. The first kappa shape index (κ1) is 11.8. The minimum absolute atomic E-state index is 0.303. The lowest BCUT2D eigenvalue weighted by molar-refractivity contribution is 0.624. The SMILES string of the molecule is Cc1ccc2c(c1)nc(-c1cn[nH]c1N)n2C(C)C. The maximum Gasteiger partial charge on any atom is 0.146 e. The van der Waals surface area contributed by atoms with Gasteiger partial charge in [0.05, 0.1) is 22.8 Å². The maximum absolute atomic E-state index is 5.92. The quantitative estimate of drug-likeness (QED) is 0.739. The van der Waals surface area contributed by atoms with Gasteiger partial charge in [0.1, 0.15) is 11.6 Å². The Balaban J connectivity index is 2.35. The molecule has 0 bridgehead atoms. The van der Waals surface area contributed by atoms with Crippen LogP contribution in [-0.4, -0.2) is 19.7 Å². The van der Waals surface area contributed by atoms with E-state index in [1.54, 1.807) is 6.20 Å². The lowest BCUT2D eigenvalue weighted by atomic mass is 10.2. The zero-order valence-corrected chi connectivity index (χ0v) is 11.3. The van der Waals surface area contributed by atoms with Crippen molar-refractivity contribution in [1.29, 1.82) is 0 Å². The van der Waals surface area contributed by atoms with E-state index in [2.05, 4.69) is 53.7 Å². The molecule has 0 aliphatic carbocycles. The Morgan fingerprint density at radius 3 is 2.74 bits per heavy atom. The van der Waals surface area contributed by atoms with Crippen LogP contribution in [0.3, 0.4) is 0 Å². The monoisotopic (exact) mass is 255 g/mol. The molecule has 5 nitrogen and oxygen atoms in total. The average Bonchev–Trinajstić information content (AvgIpc) is 2.91. The fourth-order valence-electron chi connectivity index (χ4n) is 2.40. The van der Waals surface area contributed by atoms with Crippen molar-refractivity contribution in [3.63, 3.8) is 0 Å². The Kier molecular flexibility index (Phi) is 2.55. The number of H-pyrrole nitrogens is 1. The van der Waals surface area contributed by atoms with Crippen molar-refractivity contribution >= 4 is 16.9 Å². The number of aromatic amines is 1. The maximum atomic E-state index is 5.92. The third-order valence-corrected chi connectivity index (χ3v) is 3.27. The molecule has 0 radical (unpaired) electrons. The number of aryl methyl sites for hydroxylation is 1. The number of hydrogen-bond donors (Lipinski definition) is 2. The van der Waals surface area contributed by atoms with Gasteiger partial charge < -0.3 is 10.3 Å². The average molecular weight is 255 g/mol. The number of nitrogens with one attached hydrogen (secondary N) is 1. The van der Waals surface area contributed by atoms with Gasteiger partial charge in [0.25, 0.3) is 0 Å². The number of hydrogen-bond acceptors (Lipinski definition) is 3. The van der Waals surface area contributed by atoms with E-state index in [4.69, 9.17) is 10.7 Å². The molecule has 0 unspecified atom stereocenters. The highest BCUT2D eigenvalue weighted by atomic mass is 15.2. The third kappa shape index (κ3) is 1.78. The van der Waals surface area contributed by atoms with Crippen LogP contribution < -0.4 is 5.73 Å². The van der Waals surface area contributed by atoms with Gasteiger partial charge in [-0.05, 0) is 38.5 Å². The third-order valence-electron chi connectivity index (χ3n) is 3.27. The summed E-state index contributed by atoms with van der Waals surface area (Å²) >= 11 is 0. The first-order chi connectivity index (χ1) is 9.08. The summed E-state index contributed by atoms with van der Waals surface area (Å²) in [7, 11) is 0. The summed E-state index contributed by atoms with van der Waals surface area (Å²) in [4.78, 5) is 4.72. The van der Waals surface area contributed by atoms with Crippen LogP contribution in [-0.2, 0) is 0 Å². The van der Waals surface area contributed by atoms with Crippen molar-refractivity contribution in [2.45, 2.75) is 26.8 Å². The molecule has 0 saturated heterocycles. The van der Waals surface area contributed by atoms with Gasteiger partial charge >= 0.3 is 0 Å². The molecule has 0 fully saturated rings. The van der Waals surface area contributed by atoms with Crippen LogP contribution in [0.25, 0.3) is 22.4 Å². The molecule has 19 heavy (non-hydrogen) atoms. The van der Waals surface area contributed by atoms with Crippen LogP contribution in [0.1, 0.15) is 25.5 Å². The van der Waals surface area contributed by atoms with Gasteiger partial charge in [0.2, 0.25) is 0 Å². The summed E-state index contributed by atoms with van der Waals surface area (Å²) in [6.45, 7) is 6.35. The second kappa shape index (κ2) is 4.12. The zero-order chi connectivity index (χ0) is 13.6. The number of benzene rings is 1. The minimum atomic E-state index is 0.303. The van der Waals surface area contributed by atoms with Crippen molar-refractivity contribution in [3.8, 4) is 11.4 Å². The Bertz CT molecular complexity index is 735. The van der Waals surface area contributed by atoms with E-state index in [0.717, 1.165) is 22.4 Å². The number of imidazole rings is 1. The number of nitrogens with two attached hydrogens (primary N) is 1. The zero-order valence-electron chi connectivity index (χ0n) is 11.3. The molecular formula is C14H17N5. The number of nitrogen functional groups attached to an aromatic ring is 1. The van der Waals surface area contributed by atoms with Gasteiger partial charge in [-0.25, -0.2) is 4.98 Å². The normalized spacial score (nSPS) is 11.6. The highest BCUT2D eigenvalue weighted by molar-refractivity contribution is 5.83. The van der Waals surface area contributed by atoms with Gasteiger partial charge in [-0.2, -0.15) is 5.10 Å². The fraction of sp³-hybridized carbons (Fsp3) is 0.286. The highest BCUT2D eigenvalue weighted by Crippen LogP contribution is 2.30. The van der Waals surface area contributed by atoms with Gasteiger partial charge in [-0.3, -0.25) is 5.10 Å². The highest BCUT2D eigenvalue weighted by Gasteiger charge is 2.17. The molecule has 3 rings (SSSR count). The van der Waals surface area contributed by atoms with Crippen molar-refractivity contribution in [1.82, 2.24) is 19.7 Å². The van der Waals surface area contributed by atoms with Gasteiger partial charge in [-0.15, -0.1) is 0 Å². The van der Waals surface area contributed by atoms with Gasteiger partial charge in [0.15, 0.2) is 0 Å². The Hall–Kier alpha value is -2.30. The smallest absolute Gasteiger partial charge is 0.146 e. The molecule has 0 amide bonds. The summed E-state index contributed by atoms with van der Waals surface area (Å²) < 4.78 is 2.19. The summed E-state index contributed by atoms with van der Waals surface area (Å²) in [5, 5.41) is 6.75. The molecule has 0 atom stereocenters. The number of aromatic nitrogens is 4. The van der Waals surface area contributed by atoms with Gasteiger partial charge in [-0.1, -0.05) is 6.07 Å². The molecule has 0 aliphatic heterocycles. The van der Waals surface area contributed by atoms with Crippen molar-refractivity contribution in [3.05, 3.63) is 30.0 Å². The molecule has 2 heterocycles. The van der Waals surface area contributed by atoms with Crippen LogP contribution in [0.2, 0.25) is 0 Å². The predicted molar refractivity (Wildman–Crippen MR) is 76.8 cm³/mol. The molecule has 3 N–H and O–H groups in total. The second-order valence-electron chi connectivity index (χ2n) is 5.09. The topological polar surface area (TPSA) is 72.5 Å². The van der Waals surface area contributed by atoms with Crippen LogP contribution in [0, 0.1) is 6.92 Å². The van der Waals surface area contributed by atoms with E-state index in [1.807, 2.05) is 0 Å². The van der Waals surface area contributed by atoms with Crippen molar-refractivity contribution in [2.75, 3.05) is 5.73 Å². The molecule has 3 aromatic rings. The number of rotatable bonds is 2. The molecule has 5 heteroatoms. The van der Waals surface area contributed by atoms with E-state index >= 15 is 0 Å². The van der Waals surface area contributed by atoms with Crippen LogP contribution in [0.15, 0.2) is 24.4 Å². The summed E-state index contributed by atoms with van der Waals surface area (Å²) in [6, 6.07) is 6.61. The molecule has 0 aliphatic rings. The number of nitrogens with zero attached hydrogens (tertiary/aromatic N) is 3. The molecule has 98 valence electrons. The Morgan fingerprint density at radius 2 is 2.11 bits per heavy atom. The fourth-order valence-corrected chi connectivity index (χ4v) is 2.40. The standard InChI is InChI=1S/C14H17N5/c1-8(2)19-12-5-4-9(3)6-11(12)17-14(19)10-7-16-18-13(10)15/h4-8H,1-3H3,(H3,15,16,18). The molecule has 0 saturated carbocycles. The van der Waals surface area contributed by atoms with Crippen molar-refractivity contribution < 1.29 is 0 Å². The predicted octanol–water partition coefficient (Wildman–Crippen LogP) is 2.90. The Morgan fingerprint density at radius 1 is 1.32 bits per heavy atom. The molecule has 2 aromatic heterocycles. The molecular weight excluding hydrogens is 238 g/mol. The second-order valence-corrected chi connectivity index (χ2v) is 5.09. The van der Waals surface area contributed by atoms with E-state index in [-0.39, 0.29) is 0 Å². The van der Waals surface area contributed by atoms with Crippen LogP contribution >= 0.6 is 0 Å². The first-order valence-electron chi connectivity index (χ1n) is 6.35. The van der Waals surface area contributed by atoms with Crippen molar-refractivity contribution in [2.24, 2.45) is 0 Å². The number of fused-ring (bicyclic) bond motifs is 1. The van der Waals surface area contributed by atoms with Crippen LogP contribution in [0.5, 0.6) is 0 Å². The number of anilines is 1. The lowest BCUT2D eigenvalue weighted by Gasteiger charge is -2.12. The van der Waals surface area contributed by atoms with Gasteiger partial charge in [0, 0.05) is 6.04 Å². The minimum Gasteiger partial charge on any atom is -0.383 e. The summed E-state index contributed by atoms with van der Waals surface area (Å²) in [5.74, 6) is 1.41. The molecule has 1 aromatic carbocycles. The largest absolute Gasteiger partial charge is 0.383 e. The Labute approximate surface area is 111 Å². The van der Waals surface area contributed by atoms with Crippen LogP contribution in [0.4, 0.5) is 5.82 Å².